The number of hydrogen-bond acceptors (Lipinski definition) is 2. The second-order valence-corrected chi connectivity index (χ2v) is 14.3. The molecule has 0 unspecified atom stereocenters. The fourth-order valence-corrected chi connectivity index (χ4v) is 8.15. The zero-order chi connectivity index (χ0) is 34.8. The summed E-state index contributed by atoms with van der Waals surface area (Å²) in [5, 5.41) is 2.51. The summed E-state index contributed by atoms with van der Waals surface area (Å²) in [6.45, 7) is 4.71. The molecule has 2 heterocycles. The molecule has 1 aliphatic carbocycles. The first-order chi connectivity index (χ1) is 25.5. The Balaban J connectivity index is 1.16. The van der Waals surface area contributed by atoms with Gasteiger partial charge in [0.1, 0.15) is 0 Å². The van der Waals surface area contributed by atoms with Gasteiger partial charge in [-0.05, 0) is 88.0 Å². The molecule has 10 rings (SSSR count). The Labute approximate surface area is 303 Å². The van der Waals surface area contributed by atoms with Gasteiger partial charge in [0.05, 0.1) is 22.4 Å². The molecule has 0 bridgehead atoms. The molecular weight excluding hydrogens is 631 g/mol. The van der Waals surface area contributed by atoms with Gasteiger partial charge in [0.15, 0.2) is 5.82 Å². The van der Waals surface area contributed by atoms with E-state index in [-0.39, 0.29) is 5.41 Å². The van der Waals surface area contributed by atoms with Crippen molar-refractivity contribution in [2.45, 2.75) is 19.3 Å². The highest BCUT2D eigenvalue weighted by Crippen LogP contribution is 2.51. The minimum atomic E-state index is -0.0992. The molecule has 0 spiro atoms. The zero-order valence-corrected chi connectivity index (χ0v) is 29.1. The Morgan fingerprint density at radius 2 is 0.962 bits per heavy atom. The van der Waals surface area contributed by atoms with Crippen LogP contribution in [0.2, 0.25) is 0 Å². The van der Waals surface area contributed by atoms with Crippen molar-refractivity contribution in [1.29, 1.82) is 0 Å². The fraction of sp³-hybridized carbons (Fsp3) is 0.0612. The van der Waals surface area contributed by atoms with Crippen LogP contribution < -0.4 is 0 Å². The van der Waals surface area contributed by atoms with E-state index in [4.69, 9.17) is 9.97 Å². The normalized spacial score (nSPS) is 13.0. The summed E-state index contributed by atoms with van der Waals surface area (Å²) >= 11 is 0. The Hall–Kier alpha value is -6.58. The maximum atomic E-state index is 5.09. The standard InChI is InChI=1S/C49H35N3/c1-49(2)42-21-13-12-20-38(42)39-29-41-40-28-36(32-14-6-3-7-15-32)24-27-46(40)52(47(41)30-43(39)49)37-25-22-35(23-26-37)48-50-44(33-16-8-4-9-17-33)31-45(51-48)34-18-10-5-11-19-34/h3-31H,1-2H3. The SMILES string of the molecule is CC1(C)c2ccccc2-c2cc3c4cc(-c5ccccc5)ccc4n(-c4ccc(-c5nc(-c6ccccc6)cc(-c6ccccc6)n5)cc4)c3cc21. The lowest BCUT2D eigenvalue weighted by Gasteiger charge is -2.21. The van der Waals surface area contributed by atoms with Gasteiger partial charge < -0.3 is 4.57 Å². The van der Waals surface area contributed by atoms with Crippen LogP contribution in [0.15, 0.2) is 176 Å². The quantitative estimate of drug-likeness (QED) is 0.183. The molecule has 0 atom stereocenters. The number of rotatable bonds is 5. The first kappa shape index (κ1) is 30.3. The maximum absolute atomic E-state index is 5.09. The summed E-state index contributed by atoms with van der Waals surface area (Å²) in [6.07, 6.45) is 0. The van der Waals surface area contributed by atoms with Crippen molar-refractivity contribution in [1.82, 2.24) is 14.5 Å². The van der Waals surface area contributed by atoms with E-state index in [1.54, 1.807) is 0 Å². The lowest BCUT2D eigenvalue weighted by atomic mass is 9.82. The predicted octanol–water partition coefficient (Wildman–Crippen LogP) is 12.5. The van der Waals surface area contributed by atoms with Crippen LogP contribution in [-0.2, 0) is 5.41 Å². The molecule has 3 nitrogen and oxygen atoms in total. The van der Waals surface area contributed by atoms with Crippen molar-refractivity contribution < 1.29 is 0 Å². The molecular formula is C49H35N3. The van der Waals surface area contributed by atoms with E-state index in [1.807, 2.05) is 12.1 Å². The minimum Gasteiger partial charge on any atom is -0.309 e. The third-order valence-corrected chi connectivity index (χ3v) is 10.8. The second kappa shape index (κ2) is 11.8. The van der Waals surface area contributed by atoms with Gasteiger partial charge in [-0.15, -0.1) is 0 Å². The Bertz CT molecular complexity index is 2720. The summed E-state index contributed by atoms with van der Waals surface area (Å²) in [5.74, 6) is 0.707. The van der Waals surface area contributed by atoms with E-state index in [9.17, 15) is 0 Å². The Kier molecular flexibility index (Phi) is 6.84. The summed E-state index contributed by atoms with van der Waals surface area (Å²) < 4.78 is 2.43. The monoisotopic (exact) mass is 665 g/mol. The molecule has 246 valence electrons. The number of nitrogens with zero attached hydrogens (tertiary/aromatic N) is 3. The average molecular weight is 666 g/mol. The molecule has 7 aromatic carbocycles. The smallest absolute Gasteiger partial charge is 0.160 e. The number of fused-ring (bicyclic) bond motifs is 6. The molecule has 0 amide bonds. The molecule has 52 heavy (non-hydrogen) atoms. The molecule has 0 fully saturated rings. The average Bonchev–Trinajstić information content (AvgIpc) is 3.65. The van der Waals surface area contributed by atoms with E-state index in [2.05, 4.69) is 182 Å². The Morgan fingerprint density at radius 3 is 1.62 bits per heavy atom. The van der Waals surface area contributed by atoms with Gasteiger partial charge in [-0.1, -0.05) is 135 Å². The Morgan fingerprint density at radius 1 is 0.404 bits per heavy atom. The molecule has 1 aliphatic rings. The molecule has 0 N–H and O–H groups in total. The highest BCUT2D eigenvalue weighted by molar-refractivity contribution is 6.12. The summed E-state index contributed by atoms with van der Waals surface area (Å²) in [5.41, 5.74) is 16.2. The minimum absolute atomic E-state index is 0.0992. The molecule has 0 saturated heterocycles. The van der Waals surface area contributed by atoms with Gasteiger partial charge in [-0.2, -0.15) is 0 Å². The van der Waals surface area contributed by atoms with E-state index in [1.165, 1.54) is 55.2 Å². The van der Waals surface area contributed by atoms with Crippen LogP contribution in [0.4, 0.5) is 0 Å². The van der Waals surface area contributed by atoms with E-state index in [0.29, 0.717) is 5.82 Å². The van der Waals surface area contributed by atoms with Crippen LogP contribution in [0, 0.1) is 0 Å². The van der Waals surface area contributed by atoms with Gasteiger partial charge in [-0.3, -0.25) is 0 Å². The molecule has 2 aromatic heterocycles. The van der Waals surface area contributed by atoms with Gasteiger partial charge in [0, 0.05) is 38.6 Å². The van der Waals surface area contributed by atoms with Crippen molar-refractivity contribution in [3.63, 3.8) is 0 Å². The lowest BCUT2D eigenvalue weighted by molar-refractivity contribution is 0.661. The molecule has 3 heteroatoms. The maximum Gasteiger partial charge on any atom is 0.160 e. The van der Waals surface area contributed by atoms with Gasteiger partial charge in [0.25, 0.3) is 0 Å². The van der Waals surface area contributed by atoms with Crippen LogP contribution in [0.5, 0.6) is 0 Å². The van der Waals surface area contributed by atoms with Gasteiger partial charge in [-0.25, -0.2) is 9.97 Å². The zero-order valence-electron chi connectivity index (χ0n) is 29.1. The molecule has 0 saturated carbocycles. The van der Waals surface area contributed by atoms with Crippen molar-refractivity contribution in [3.8, 4) is 61.8 Å². The van der Waals surface area contributed by atoms with Crippen molar-refractivity contribution in [2.24, 2.45) is 0 Å². The van der Waals surface area contributed by atoms with Crippen molar-refractivity contribution >= 4 is 21.8 Å². The summed E-state index contributed by atoms with van der Waals surface area (Å²) in [7, 11) is 0. The van der Waals surface area contributed by atoms with Crippen LogP contribution in [-0.4, -0.2) is 14.5 Å². The van der Waals surface area contributed by atoms with Crippen LogP contribution in [0.3, 0.4) is 0 Å². The van der Waals surface area contributed by atoms with Crippen LogP contribution >= 0.6 is 0 Å². The van der Waals surface area contributed by atoms with E-state index >= 15 is 0 Å². The van der Waals surface area contributed by atoms with Crippen molar-refractivity contribution in [2.75, 3.05) is 0 Å². The van der Waals surface area contributed by atoms with Crippen molar-refractivity contribution in [3.05, 3.63) is 187 Å². The topological polar surface area (TPSA) is 30.7 Å². The fourth-order valence-electron chi connectivity index (χ4n) is 8.15. The van der Waals surface area contributed by atoms with Crippen LogP contribution in [0.1, 0.15) is 25.0 Å². The van der Waals surface area contributed by atoms with E-state index < -0.39 is 0 Å². The van der Waals surface area contributed by atoms with Gasteiger partial charge >= 0.3 is 0 Å². The second-order valence-electron chi connectivity index (χ2n) is 14.3. The third kappa shape index (κ3) is 4.81. The van der Waals surface area contributed by atoms with Gasteiger partial charge in [0.2, 0.25) is 0 Å². The largest absolute Gasteiger partial charge is 0.309 e. The highest BCUT2D eigenvalue weighted by atomic mass is 15.0. The number of hydrogen-bond donors (Lipinski definition) is 0. The molecule has 9 aromatic rings. The number of aromatic nitrogens is 3. The predicted molar refractivity (Wildman–Crippen MR) is 216 cm³/mol. The molecule has 0 radical (unpaired) electrons. The number of benzene rings is 7. The molecule has 0 aliphatic heterocycles. The summed E-state index contributed by atoms with van der Waals surface area (Å²) in [6, 6.07) is 62.9. The first-order valence-electron chi connectivity index (χ1n) is 17.9. The highest BCUT2D eigenvalue weighted by Gasteiger charge is 2.36. The third-order valence-electron chi connectivity index (χ3n) is 10.8. The van der Waals surface area contributed by atoms with E-state index in [0.717, 1.165) is 33.8 Å². The van der Waals surface area contributed by atoms with Crippen LogP contribution in [0.25, 0.3) is 83.6 Å². The lowest BCUT2D eigenvalue weighted by Crippen LogP contribution is -2.14. The summed E-state index contributed by atoms with van der Waals surface area (Å²) in [4.78, 5) is 10.2. The first-order valence-corrected chi connectivity index (χ1v) is 17.9.